The van der Waals surface area contributed by atoms with Crippen LogP contribution < -0.4 is 10.1 Å². The Kier molecular flexibility index (Phi) is 5.29. The highest BCUT2D eigenvalue weighted by atomic mass is 127. The Balaban J connectivity index is 2.46. The molecule has 0 aromatic heterocycles. The van der Waals surface area contributed by atoms with Crippen LogP contribution in [0.3, 0.4) is 0 Å². The third-order valence-electron chi connectivity index (χ3n) is 3.31. The van der Waals surface area contributed by atoms with Gasteiger partial charge in [0.25, 0.3) is 0 Å². The minimum absolute atomic E-state index is 0.116. The van der Waals surface area contributed by atoms with Crippen molar-refractivity contribution in [2.45, 2.75) is 13.0 Å². The first-order valence-corrected chi connectivity index (χ1v) is 7.79. The maximum Gasteiger partial charge on any atom is 0.121 e. The molecule has 0 amide bonds. The van der Waals surface area contributed by atoms with Crippen molar-refractivity contribution in [3.63, 3.8) is 0 Å². The number of nitrogens with one attached hydrogen (secondary N) is 1. The van der Waals surface area contributed by atoms with Gasteiger partial charge in [0.2, 0.25) is 0 Å². The maximum atomic E-state index is 6.13. The summed E-state index contributed by atoms with van der Waals surface area (Å²) in [5.41, 5.74) is 3.51. The Morgan fingerprint density at radius 1 is 1.20 bits per heavy atom. The second-order valence-corrected chi connectivity index (χ2v) is 6.22. The van der Waals surface area contributed by atoms with E-state index in [0.717, 1.165) is 16.3 Å². The highest BCUT2D eigenvalue weighted by molar-refractivity contribution is 14.1. The molecular formula is C16H17ClINO. The Morgan fingerprint density at radius 2 is 1.95 bits per heavy atom. The van der Waals surface area contributed by atoms with Crippen LogP contribution in [0.4, 0.5) is 0 Å². The third-order valence-corrected chi connectivity index (χ3v) is 4.53. The molecule has 2 aromatic carbocycles. The van der Waals surface area contributed by atoms with Crippen LogP contribution in [0.5, 0.6) is 5.75 Å². The van der Waals surface area contributed by atoms with E-state index < -0.39 is 0 Å². The van der Waals surface area contributed by atoms with Gasteiger partial charge in [-0.15, -0.1) is 0 Å². The molecule has 2 rings (SSSR count). The second kappa shape index (κ2) is 6.78. The monoisotopic (exact) mass is 401 g/mol. The molecule has 4 heteroatoms. The van der Waals surface area contributed by atoms with E-state index in [9.17, 15) is 0 Å². The summed E-state index contributed by atoms with van der Waals surface area (Å²) in [6, 6.07) is 12.3. The number of aryl methyl sites for hydroxylation is 1. The van der Waals surface area contributed by atoms with Crippen molar-refractivity contribution in [3.05, 3.63) is 61.7 Å². The lowest BCUT2D eigenvalue weighted by molar-refractivity contribution is 0.411. The van der Waals surface area contributed by atoms with Crippen molar-refractivity contribution < 1.29 is 4.74 Å². The van der Waals surface area contributed by atoms with Gasteiger partial charge in [-0.1, -0.05) is 23.7 Å². The van der Waals surface area contributed by atoms with E-state index in [1.807, 2.05) is 31.3 Å². The molecule has 0 saturated heterocycles. The fourth-order valence-corrected chi connectivity index (χ4v) is 3.15. The van der Waals surface area contributed by atoms with E-state index in [1.54, 1.807) is 7.11 Å². The number of halogens is 2. The summed E-state index contributed by atoms with van der Waals surface area (Å²) in [5.74, 6) is 0.907. The average molecular weight is 402 g/mol. The normalized spacial score (nSPS) is 12.2. The molecule has 0 heterocycles. The van der Waals surface area contributed by atoms with Gasteiger partial charge in [-0.05, 0) is 77.5 Å². The number of hydrogen-bond acceptors (Lipinski definition) is 2. The molecule has 1 unspecified atom stereocenters. The van der Waals surface area contributed by atoms with Gasteiger partial charge in [-0.3, -0.25) is 0 Å². The van der Waals surface area contributed by atoms with E-state index in [-0.39, 0.29) is 6.04 Å². The van der Waals surface area contributed by atoms with Crippen molar-refractivity contribution in [3.8, 4) is 5.75 Å². The molecule has 106 valence electrons. The van der Waals surface area contributed by atoms with Gasteiger partial charge in [0, 0.05) is 8.59 Å². The Labute approximate surface area is 138 Å². The first-order valence-electron chi connectivity index (χ1n) is 6.33. The number of methoxy groups -OCH3 is 1. The summed E-state index contributed by atoms with van der Waals surface area (Å²) in [6.07, 6.45) is 0. The van der Waals surface area contributed by atoms with E-state index in [0.29, 0.717) is 0 Å². The summed E-state index contributed by atoms with van der Waals surface area (Å²) in [5, 5.41) is 4.12. The lowest BCUT2D eigenvalue weighted by Gasteiger charge is -2.20. The predicted octanol–water partition coefficient (Wildman–Crippen LogP) is 4.57. The minimum atomic E-state index is 0.116. The molecule has 0 aliphatic carbocycles. The van der Waals surface area contributed by atoms with Crippen molar-refractivity contribution >= 4 is 34.2 Å². The quantitative estimate of drug-likeness (QED) is 0.758. The predicted molar refractivity (Wildman–Crippen MR) is 92.8 cm³/mol. The second-order valence-electron chi connectivity index (χ2n) is 4.62. The number of ether oxygens (including phenoxy) is 1. The lowest BCUT2D eigenvalue weighted by Crippen LogP contribution is -2.19. The summed E-state index contributed by atoms with van der Waals surface area (Å²) in [7, 11) is 3.65. The molecular weight excluding hydrogens is 385 g/mol. The van der Waals surface area contributed by atoms with Crippen LogP contribution in [0.2, 0.25) is 5.02 Å². The highest BCUT2D eigenvalue weighted by Crippen LogP contribution is 2.30. The minimum Gasteiger partial charge on any atom is -0.496 e. The van der Waals surface area contributed by atoms with Crippen LogP contribution in [-0.2, 0) is 0 Å². The fraction of sp³-hybridized carbons (Fsp3) is 0.250. The van der Waals surface area contributed by atoms with Gasteiger partial charge < -0.3 is 10.1 Å². The molecule has 2 aromatic rings. The fourth-order valence-electron chi connectivity index (χ4n) is 2.32. The van der Waals surface area contributed by atoms with Gasteiger partial charge in [0.15, 0.2) is 0 Å². The molecule has 0 saturated carbocycles. The number of rotatable bonds is 4. The standard InChI is InChI=1S/C16H17ClINO/c1-10-8-11(4-7-15(10)20-3)16(19-2)13-9-12(17)5-6-14(13)18/h4-9,16,19H,1-3H3. The van der Waals surface area contributed by atoms with Crippen LogP contribution >= 0.6 is 34.2 Å². The van der Waals surface area contributed by atoms with Crippen LogP contribution in [0.25, 0.3) is 0 Å². The smallest absolute Gasteiger partial charge is 0.121 e. The first-order chi connectivity index (χ1) is 9.56. The highest BCUT2D eigenvalue weighted by Gasteiger charge is 2.16. The van der Waals surface area contributed by atoms with E-state index in [4.69, 9.17) is 16.3 Å². The summed E-state index contributed by atoms with van der Waals surface area (Å²) in [4.78, 5) is 0. The molecule has 0 fully saturated rings. The van der Waals surface area contributed by atoms with Gasteiger partial charge in [-0.25, -0.2) is 0 Å². The van der Waals surface area contributed by atoms with Crippen LogP contribution in [0, 0.1) is 10.5 Å². The van der Waals surface area contributed by atoms with Gasteiger partial charge >= 0.3 is 0 Å². The SMILES string of the molecule is CNC(c1ccc(OC)c(C)c1)c1cc(Cl)ccc1I. The average Bonchev–Trinajstić information content (AvgIpc) is 2.44. The third kappa shape index (κ3) is 3.27. The van der Waals surface area contributed by atoms with E-state index in [1.165, 1.54) is 14.7 Å². The molecule has 0 radical (unpaired) electrons. The van der Waals surface area contributed by atoms with Crippen molar-refractivity contribution in [2.75, 3.05) is 14.2 Å². The van der Waals surface area contributed by atoms with Crippen LogP contribution in [0.15, 0.2) is 36.4 Å². The molecule has 1 atom stereocenters. The zero-order chi connectivity index (χ0) is 14.7. The van der Waals surface area contributed by atoms with Gasteiger partial charge in [0.1, 0.15) is 5.75 Å². The van der Waals surface area contributed by atoms with Crippen molar-refractivity contribution in [2.24, 2.45) is 0 Å². The largest absolute Gasteiger partial charge is 0.496 e. The Bertz CT molecular complexity index is 615. The number of benzene rings is 2. The summed E-state index contributed by atoms with van der Waals surface area (Å²) < 4.78 is 6.51. The van der Waals surface area contributed by atoms with Crippen molar-refractivity contribution in [1.29, 1.82) is 0 Å². The van der Waals surface area contributed by atoms with Crippen molar-refractivity contribution in [1.82, 2.24) is 5.32 Å². The van der Waals surface area contributed by atoms with E-state index in [2.05, 4.69) is 47.0 Å². The number of hydrogen-bond donors (Lipinski definition) is 1. The van der Waals surface area contributed by atoms with Crippen LogP contribution in [-0.4, -0.2) is 14.2 Å². The molecule has 0 aliphatic rings. The molecule has 1 N–H and O–H groups in total. The molecule has 0 aliphatic heterocycles. The molecule has 20 heavy (non-hydrogen) atoms. The molecule has 0 bridgehead atoms. The summed E-state index contributed by atoms with van der Waals surface area (Å²) in [6.45, 7) is 2.05. The van der Waals surface area contributed by atoms with Gasteiger partial charge in [-0.2, -0.15) is 0 Å². The zero-order valence-corrected chi connectivity index (χ0v) is 14.6. The Morgan fingerprint density at radius 3 is 2.55 bits per heavy atom. The lowest BCUT2D eigenvalue weighted by atomic mass is 9.97. The molecule has 2 nitrogen and oxygen atoms in total. The van der Waals surface area contributed by atoms with E-state index >= 15 is 0 Å². The summed E-state index contributed by atoms with van der Waals surface area (Å²) >= 11 is 8.47. The topological polar surface area (TPSA) is 21.3 Å². The molecule has 0 spiro atoms. The zero-order valence-electron chi connectivity index (χ0n) is 11.7. The first kappa shape index (κ1) is 15.6. The maximum absolute atomic E-state index is 6.13. The van der Waals surface area contributed by atoms with Crippen LogP contribution in [0.1, 0.15) is 22.7 Å². The van der Waals surface area contributed by atoms with Gasteiger partial charge in [0.05, 0.1) is 13.2 Å². The Hall–Kier alpha value is -0.780.